The number of hydrogen-bond acceptors (Lipinski definition) is 3. The second-order valence-electron chi connectivity index (χ2n) is 6.30. The van der Waals surface area contributed by atoms with Gasteiger partial charge >= 0.3 is 0 Å². The monoisotopic (exact) mass is 276 g/mol. The highest BCUT2D eigenvalue weighted by Crippen LogP contribution is 2.26. The number of nitrogens with one attached hydrogen (secondary N) is 1. The van der Waals surface area contributed by atoms with E-state index < -0.39 is 0 Å². The molecule has 1 saturated heterocycles. The maximum Gasteiger partial charge on any atom is 0.119 e. The Morgan fingerprint density at radius 2 is 1.95 bits per heavy atom. The molecule has 1 aliphatic rings. The molecule has 0 saturated carbocycles. The second-order valence-corrected chi connectivity index (χ2v) is 6.30. The molecule has 0 bridgehead atoms. The Morgan fingerprint density at radius 3 is 2.55 bits per heavy atom. The van der Waals surface area contributed by atoms with Gasteiger partial charge in [-0.3, -0.25) is 0 Å². The average Bonchev–Trinajstić information content (AvgIpc) is 2.45. The van der Waals surface area contributed by atoms with Crippen LogP contribution in [-0.4, -0.2) is 31.3 Å². The summed E-state index contributed by atoms with van der Waals surface area (Å²) in [6.45, 7) is 11.8. The van der Waals surface area contributed by atoms with Crippen LogP contribution in [0.2, 0.25) is 0 Å². The van der Waals surface area contributed by atoms with E-state index in [1.165, 1.54) is 5.69 Å². The summed E-state index contributed by atoms with van der Waals surface area (Å²) in [5.41, 5.74) is 1.47. The summed E-state index contributed by atoms with van der Waals surface area (Å²) in [5, 5.41) is 3.63. The number of piperazine rings is 1. The highest BCUT2D eigenvalue weighted by Gasteiger charge is 2.31. The minimum absolute atomic E-state index is 0.170. The summed E-state index contributed by atoms with van der Waals surface area (Å²) >= 11 is 0. The Balaban J connectivity index is 2.11. The van der Waals surface area contributed by atoms with Crippen molar-refractivity contribution in [3.05, 3.63) is 24.3 Å². The summed E-state index contributed by atoms with van der Waals surface area (Å²) < 4.78 is 5.66. The van der Waals surface area contributed by atoms with E-state index in [4.69, 9.17) is 4.74 Å². The van der Waals surface area contributed by atoms with Crippen molar-refractivity contribution in [2.45, 2.75) is 52.1 Å². The second kappa shape index (κ2) is 6.49. The van der Waals surface area contributed by atoms with E-state index in [0.29, 0.717) is 6.04 Å². The molecule has 0 aromatic heterocycles. The smallest absolute Gasteiger partial charge is 0.119 e. The Morgan fingerprint density at radius 1 is 1.25 bits per heavy atom. The summed E-state index contributed by atoms with van der Waals surface area (Å²) in [5.74, 6) is 0.970. The molecule has 0 spiro atoms. The van der Waals surface area contributed by atoms with Crippen LogP contribution >= 0.6 is 0 Å². The number of rotatable bonds is 5. The van der Waals surface area contributed by atoms with Crippen molar-refractivity contribution in [2.24, 2.45) is 0 Å². The Hall–Kier alpha value is -1.22. The number of hydrogen-bond donors (Lipinski definition) is 1. The fraction of sp³-hybridized carbons (Fsp3) is 0.647. The van der Waals surface area contributed by atoms with Gasteiger partial charge in [0, 0.05) is 30.4 Å². The Bertz CT molecular complexity index is 414. The summed E-state index contributed by atoms with van der Waals surface area (Å²) in [7, 11) is 0. The van der Waals surface area contributed by atoms with Gasteiger partial charge in [0.1, 0.15) is 5.75 Å². The van der Waals surface area contributed by atoms with Gasteiger partial charge in [-0.2, -0.15) is 0 Å². The zero-order chi connectivity index (χ0) is 14.6. The highest BCUT2D eigenvalue weighted by atomic mass is 16.5. The molecular weight excluding hydrogens is 248 g/mol. The van der Waals surface area contributed by atoms with Crippen molar-refractivity contribution >= 4 is 5.69 Å². The molecular formula is C17H28N2O. The molecule has 1 fully saturated rings. The Kier molecular flexibility index (Phi) is 4.92. The average molecular weight is 276 g/mol. The van der Waals surface area contributed by atoms with Gasteiger partial charge in [0.25, 0.3) is 0 Å². The molecule has 1 heterocycles. The first-order valence-electron chi connectivity index (χ1n) is 7.80. The highest BCUT2D eigenvalue weighted by molar-refractivity contribution is 5.51. The predicted molar refractivity (Wildman–Crippen MR) is 85.7 cm³/mol. The molecule has 1 aliphatic heterocycles. The molecule has 1 aromatic carbocycles. The summed E-state index contributed by atoms with van der Waals surface area (Å²) in [6, 6.07) is 9.13. The van der Waals surface area contributed by atoms with E-state index in [1.54, 1.807) is 0 Å². The van der Waals surface area contributed by atoms with Crippen LogP contribution in [0.3, 0.4) is 0 Å². The fourth-order valence-electron chi connectivity index (χ4n) is 2.74. The molecule has 3 nitrogen and oxygen atoms in total. The van der Waals surface area contributed by atoms with E-state index in [1.807, 2.05) is 0 Å². The van der Waals surface area contributed by atoms with Crippen molar-refractivity contribution in [1.82, 2.24) is 5.32 Å². The lowest BCUT2D eigenvalue weighted by Gasteiger charge is -2.45. The molecule has 3 heteroatoms. The maximum absolute atomic E-state index is 5.66. The fourth-order valence-corrected chi connectivity index (χ4v) is 2.74. The van der Waals surface area contributed by atoms with Gasteiger partial charge in [0.05, 0.1) is 6.61 Å². The van der Waals surface area contributed by atoms with E-state index in [0.717, 1.165) is 38.3 Å². The quantitative estimate of drug-likeness (QED) is 0.891. The molecule has 2 rings (SSSR count). The molecule has 20 heavy (non-hydrogen) atoms. The number of ether oxygens (including phenoxy) is 1. The SMILES string of the molecule is CCCOc1ccc(N2CC(C)(C)NCC2CC)cc1. The number of anilines is 1. The van der Waals surface area contributed by atoms with Crippen molar-refractivity contribution < 1.29 is 4.74 Å². The standard InChI is InChI=1S/C17H28N2O/c1-5-11-20-16-9-7-15(8-10-16)19-13-17(3,4)18-12-14(19)6-2/h7-10,14,18H,5-6,11-13H2,1-4H3. The van der Waals surface area contributed by atoms with Crippen molar-refractivity contribution in [2.75, 3.05) is 24.6 Å². The molecule has 1 unspecified atom stereocenters. The molecule has 0 radical (unpaired) electrons. The predicted octanol–water partition coefficient (Wildman–Crippen LogP) is 3.44. The maximum atomic E-state index is 5.66. The zero-order valence-corrected chi connectivity index (χ0v) is 13.3. The summed E-state index contributed by atoms with van der Waals surface area (Å²) in [6.07, 6.45) is 2.21. The molecule has 0 aliphatic carbocycles. The van der Waals surface area contributed by atoms with Gasteiger partial charge in [-0.1, -0.05) is 13.8 Å². The van der Waals surface area contributed by atoms with Crippen LogP contribution in [0.5, 0.6) is 5.75 Å². The van der Waals surface area contributed by atoms with Crippen LogP contribution < -0.4 is 15.0 Å². The third-order valence-electron chi connectivity index (χ3n) is 3.94. The van der Waals surface area contributed by atoms with Crippen molar-refractivity contribution in [1.29, 1.82) is 0 Å². The van der Waals surface area contributed by atoms with Crippen LogP contribution in [0.15, 0.2) is 24.3 Å². The van der Waals surface area contributed by atoms with Crippen LogP contribution in [0.1, 0.15) is 40.5 Å². The topological polar surface area (TPSA) is 24.5 Å². The van der Waals surface area contributed by atoms with Crippen LogP contribution in [0.25, 0.3) is 0 Å². The van der Waals surface area contributed by atoms with Gasteiger partial charge in [0.15, 0.2) is 0 Å². The summed E-state index contributed by atoms with van der Waals surface area (Å²) in [4.78, 5) is 2.53. The van der Waals surface area contributed by atoms with Crippen molar-refractivity contribution in [3.8, 4) is 5.75 Å². The van der Waals surface area contributed by atoms with Crippen LogP contribution in [0, 0.1) is 0 Å². The molecule has 112 valence electrons. The largest absolute Gasteiger partial charge is 0.494 e. The first-order valence-corrected chi connectivity index (χ1v) is 7.80. The van der Waals surface area contributed by atoms with Gasteiger partial charge < -0.3 is 15.0 Å². The first kappa shape index (κ1) is 15.2. The number of nitrogens with zero attached hydrogens (tertiary/aromatic N) is 1. The Labute approximate surface area is 123 Å². The third kappa shape index (κ3) is 3.66. The van der Waals surface area contributed by atoms with Crippen LogP contribution in [0.4, 0.5) is 5.69 Å². The van der Waals surface area contributed by atoms with Gasteiger partial charge in [-0.05, 0) is 51.0 Å². The third-order valence-corrected chi connectivity index (χ3v) is 3.94. The molecule has 1 N–H and O–H groups in total. The van der Waals surface area contributed by atoms with E-state index in [2.05, 4.69) is 62.2 Å². The van der Waals surface area contributed by atoms with Crippen LogP contribution in [-0.2, 0) is 0 Å². The lowest BCUT2D eigenvalue weighted by molar-refractivity contribution is 0.305. The van der Waals surface area contributed by atoms with Crippen molar-refractivity contribution in [3.63, 3.8) is 0 Å². The first-order chi connectivity index (χ1) is 9.55. The minimum Gasteiger partial charge on any atom is -0.494 e. The molecule has 0 amide bonds. The number of benzene rings is 1. The zero-order valence-electron chi connectivity index (χ0n) is 13.3. The molecule has 1 aromatic rings. The van der Waals surface area contributed by atoms with E-state index >= 15 is 0 Å². The minimum atomic E-state index is 0.170. The van der Waals surface area contributed by atoms with Gasteiger partial charge in [0.2, 0.25) is 0 Å². The van der Waals surface area contributed by atoms with Gasteiger partial charge in [-0.25, -0.2) is 0 Å². The van der Waals surface area contributed by atoms with E-state index in [-0.39, 0.29) is 5.54 Å². The normalized spacial score (nSPS) is 21.8. The van der Waals surface area contributed by atoms with E-state index in [9.17, 15) is 0 Å². The lowest BCUT2D eigenvalue weighted by atomic mass is 9.97. The molecule has 1 atom stereocenters. The lowest BCUT2D eigenvalue weighted by Crippen LogP contribution is -2.61. The van der Waals surface area contributed by atoms with Gasteiger partial charge in [-0.15, -0.1) is 0 Å².